The molecule has 0 saturated heterocycles. The molecular weight excluding hydrogens is 274 g/mol. The van der Waals surface area contributed by atoms with Crippen LogP contribution in [0.5, 0.6) is 0 Å². The number of aromatic nitrogens is 1. The van der Waals surface area contributed by atoms with E-state index in [0.29, 0.717) is 6.54 Å². The van der Waals surface area contributed by atoms with E-state index >= 15 is 0 Å². The molecule has 4 nitrogen and oxygen atoms in total. The fourth-order valence-corrected chi connectivity index (χ4v) is 2.42. The average Bonchev–Trinajstić information content (AvgIpc) is 2.74. The van der Waals surface area contributed by atoms with Crippen molar-refractivity contribution in [2.24, 2.45) is 5.41 Å². The molecule has 1 aromatic carbocycles. The Labute approximate surface area is 132 Å². The van der Waals surface area contributed by atoms with E-state index in [-0.39, 0.29) is 17.5 Å². The Balaban J connectivity index is 1.90. The predicted molar refractivity (Wildman–Crippen MR) is 92.2 cm³/mol. The van der Waals surface area contributed by atoms with Gasteiger partial charge < -0.3 is 15.6 Å². The topological polar surface area (TPSA) is 56.9 Å². The molecule has 22 heavy (non-hydrogen) atoms. The van der Waals surface area contributed by atoms with Gasteiger partial charge in [-0.1, -0.05) is 39.0 Å². The van der Waals surface area contributed by atoms with Gasteiger partial charge in [-0.25, -0.2) is 4.79 Å². The molecule has 0 saturated carbocycles. The summed E-state index contributed by atoms with van der Waals surface area (Å²) in [7, 11) is 0. The van der Waals surface area contributed by atoms with Crippen LogP contribution >= 0.6 is 0 Å². The van der Waals surface area contributed by atoms with Gasteiger partial charge in [0.05, 0.1) is 0 Å². The van der Waals surface area contributed by atoms with Crippen LogP contribution in [0.3, 0.4) is 0 Å². The maximum absolute atomic E-state index is 11.9. The van der Waals surface area contributed by atoms with Crippen LogP contribution in [0.25, 0.3) is 10.9 Å². The molecule has 0 radical (unpaired) electrons. The highest BCUT2D eigenvalue weighted by Crippen LogP contribution is 2.22. The number of H-pyrrole nitrogens is 1. The molecule has 1 atom stereocenters. The molecule has 120 valence electrons. The van der Waals surface area contributed by atoms with E-state index in [1.54, 1.807) is 0 Å². The summed E-state index contributed by atoms with van der Waals surface area (Å²) in [5.41, 5.74) is 3.66. The van der Waals surface area contributed by atoms with Crippen molar-refractivity contribution in [3.63, 3.8) is 0 Å². The minimum absolute atomic E-state index is 0.0603. The molecule has 1 aromatic heterocycles. The number of carbonyl (C=O) groups excluding carboxylic acids is 1. The van der Waals surface area contributed by atoms with E-state index in [1.165, 1.54) is 16.6 Å². The second kappa shape index (κ2) is 6.42. The minimum Gasteiger partial charge on any atom is -0.358 e. The lowest BCUT2D eigenvalue weighted by atomic mass is 9.88. The Morgan fingerprint density at radius 3 is 2.64 bits per heavy atom. The van der Waals surface area contributed by atoms with Crippen molar-refractivity contribution in [2.45, 2.75) is 47.1 Å². The Morgan fingerprint density at radius 1 is 1.27 bits per heavy atom. The van der Waals surface area contributed by atoms with Gasteiger partial charge in [0, 0.05) is 29.2 Å². The van der Waals surface area contributed by atoms with Crippen molar-refractivity contribution >= 4 is 16.9 Å². The highest BCUT2D eigenvalue weighted by Gasteiger charge is 2.21. The third-order valence-corrected chi connectivity index (χ3v) is 4.33. The first-order chi connectivity index (χ1) is 10.3. The second-order valence-electron chi connectivity index (χ2n) is 7.01. The smallest absolute Gasteiger partial charge is 0.315 e. The lowest BCUT2D eigenvalue weighted by Gasteiger charge is -2.28. The summed E-state index contributed by atoms with van der Waals surface area (Å²) in [4.78, 5) is 15.3. The lowest BCUT2D eigenvalue weighted by molar-refractivity contribution is 0.222. The van der Waals surface area contributed by atoms with Crippen molar-refractivity contribution in [2.75, 3.05) is 6.54 Å². The fraction of sp³-hybridized carbons (Fsp3) is 0.500. The van der Waals surface area contributed by atoms with Gasteiger partial charge in [-0.15, -0.1) is 0 Å². The maximum Gasteiger partial charge on any atom is 0.315 e. The molecule has 1 unspecified atom stereocenters. The zero-order valence-corrected chi connectivity index (χ0v) is 14.2. The number of aromatic amines is 1. The van der Waals surface area contributed by atoms with Crippen molar-refractivity contribution in [1.82, 2.24) is 15.6 Å². The van der Waals surface area contributed by atoms with Crippen LogP contribution in [0.1, 0.15) is 39.0 Å². The third-order valence-electron chi connectivity index (χ3n) is 4.33. The summed E-state index contributed by atoms with van der Waals surface area (Å²) < 4.78 is 0. The number of amides is 2. The highest BCUT2D eigenvalue weighted by molar-refractivity contribution is 5.84. The molecule has 0 aliphatic heterocycles. The van der Waals surface area contributed by atoms with E-state index in [2.05, 4.69) is 55.4 Å². The van der Waals surface area contributed by atoms with Gasteiger partial charge in [0.2, 0.25) is 0 Å². The Morgan fingerprint density at radius 2 is 1.95 bits per heavy atom. The lowest BCUT2D eigenvalue weighted by Crippen LogP contribution is -2.46. The van der Waals surface area contributed by atoms with Crippen LogP contribution in [-0.2, 0) is 6.42 Å². The number of carbonyl (C=O) groups is 1. The number of benzene rings is 1. The number of aryl methyl sites for hydroxylation is 1. The van der Waals surface area contributed by atoms with Crippen molar-refractivity contribution in [3.8, 4) is 0 Å². The SMILES string of the molecule is Cc1[nH]c2ccccc2c1CCNC(=O)NC(C)C(C)(C)C. The van der Waals surface area contributed by atoms with E-state index in [4.69, 9.17) is 0 Å². The van der Waals surface area contributed by atoms with Crippen LogP contribution in [0.4, 0.5) is 4.79 Å². The summed E-state index contributed by atoms with van der Waals surface area (Å²) >= 11 is 0. The predicted octanol–water partition coefficient (Wildman–Crippen LogP) is 3.75. The highest BCUT2D eigenvalue weighted by atomic mass is 16.2. The fourth-order valence-electron chi connectivity index (χ4n) is 2.42. The van der Waals surface area contributed by atoms with Gasteiger partial charge >= 0.3 is 6.03 Å². The normalized spacial score (nSPS) is 13.1. The van der Waals surface area contributed by atoms with Crippen molar-refractivity contribution in [1.29, 1.82) is 0 Å². The largest absolute Gasteiger partial charge is 0.358 e. The van der Waals surface area contributed by atoms with Gasteiger partial charge in [0.1, 0.15) is 0 Å². The summed E-state index contributed by atoms with van der Waals surface area (Å²) in [6.07, 6.45) is 0.827. The van der Waals surface area contributed by atoms with Crippen LogP contribution in [0.2, 0.25) is 0 Å². The number of rotatable bonds is 4. The van der Waals surface area contributed by atoms with E-state index in [1.807, 2.05) is 19.1 Å². The first-order valence-electron chi connectivity index (χ1n) is 7.89. The molecule has 0 bridgehead atoms. The molecule has 1 heterocycles. The van der Waals surface area contributed by atoms with E-state index < -0.39 is 0 Å². The van der Waals surface area contributed by atoms with Gasteiger partial charge in [-0.3, -0.25) is 0 Å². The molecule has 0 spiro atoms. The molecule has 3 N–H and O–H groups in total. The van der Waals surface area contributed by atoms with Crippen LogP contribution < -0.4 is 10.6 Å². The third kappa shape index (κ3) is 3.81. The summed E-state index contributed by atoms with van der Waals surface area (Å²) in [5.74, 6) is 0. The van der Waals surface area contributed by atoms with E-state index in [9.17, 15) is 4.79 Å². The zero-order chi connectivity index (χ0) is 16.3. The molecule has 2 rings (SSSR count). The molecule has 0 aliphatic carbocycles. The van der Waals surface area contributed by atoms with Crippen molar-refractivity contribution in [3.05, 3.63) is 35.5 Å². The number of nitrogens with one attached hydrogen (secondary N) is 3. The standard InChI is InChI=1S/C18H27N3O/c1-12-14(15-8-6-7-9-16(15)20-12)10-11-19-17(22)21-13(2)18(3,4)5/h6-9,13,20H,10-11H2,1-5H3,(H2,19,21,22). The van der Waals surface area contributed by atoms with Crippen LogP contribution in [0, 0.1) is 12.3 Å². The molecule has 2 aromatic rings. The minimum atomic E-state index is -0.0973. The zero-order valence-electron chi connectivity index (χ0n) is 14.2. The number of hydrogen-bond donors (Lipinski definition) is 3. The van der Waals surface area contributed by atoms with Gasteiger partial charge in [0.25, 0.3) is 0 Å². The molecular formula is C18H27N3O. The van der Waals surface area contributed by atoms with Crippen molar-refractivity contribution < 1.29 is 4.79 Å². The summed E-state index contributed by atoms with van der Waals surface area (Å²) in [6, 6.07) is 8.31. The Kier molecular flexibility index (Phi) is 4.79. The first-order valence-corrected chi connectivity index (χ1v) is 7.89. The van der Waals surface area contributed by atoms with E-state index in [0.717, 1.165) is 11.9 Å². The van der Waals surface area contributed by atoms with Crippen LogP contribution in [-0.4, -0.2) is 23.6 Å². The Hall–Kier alpha value is -1.97. The van der Waals surface area contributed by atoms with Crippen LogP contribution in [0.15, 0.2) is 24.3 Å². The average molecular weight is 301 g/mol. The number of para-hydroxylation sites is 1. The summed E-state index contributed by atoms with van der Waals surface area (Å²) in [5, 5.41) is 7.19. The maximum atomic E-state index is 11.9. The van der Waals surface area contributed by atoms with Gasteiger partial charge in [-0.05, 0) is 37.3 Å². The van der Waals surface area contributed by atoms with Gasteiger partial charge in [-0.2, -0.15) is 0 Å². The number of fused-ring (bicyclic) bond motifs is 1. The Bertz CT molecular complexity index is 652. The molecule has 0 fully saturated rings. The van der Waals surface area contributed by atoms with Gasteiger partial charge in [0.15, 0.2) is 0 Å². The summed E-state index contributed by atoms with van der Waals surface area (Å²) in [6.45, 7) is 11.1. The molecule has 4 heteroatoms. The molecule has 2 amide bonds. The number of hydrogen-bond acceptors (Lipinski definition) is 1. The molecule has 0 aliphatic rings. The number of urea groups is 1. The second-order valence-corrected chi connectivity index (χ2v) is 7.01. The first kappa shape index (κ1) is 16.4. The monoisotopic (exact) mass is 301 g/mol. The quantitative estimate of drug-likeness (QED) is 0.791.